The van der Waals surface area contributed by atoms with Gasteiger partial charge in [0.2, 0.25) is 0 Å². The standard InChI is InChI=1S/C20H25N3O2.HI/c1-20(11-14-6-4-5-7-15(14)12-20)13-22-19(21)23-16-8-9-17(24-2)18(10-16)25-3;/h4-10H,11-13H2,1-3H3,(H3,21,22,23);1H. The van der Waals surface area contributed by atoms with Gasteiger partial charge in [0, 0.05) is 18.3 Å². The Morgan fingerprint density at radius 1 is 1.08 bits per heavy atom. The SMILES string of the molecule is COc1ccc(NC(N)=NCC2(C)Cc3ccccc3C2)cc1OC.I. The van der Waals surface area contributed by atoms with Gasteiger partial charge in [-0.3, -0.25) is 4.99 Å². The highest BCUT2D eigenvalue weighted by atomic mass is 127. The molecule has 3 N–H and O–H groups in total. The van der Waals surface area contributed by atoms with Crippen LogP contribution in [-0.4, -0.2) is 26.7 Å². The highest BCUT2D eigenvalue weighted by molar-refractivity contribution is 14.0. The molecule has 0 radical (unpaired) electrons. The Morgan fingerprint density at radius 3 is 2.27 bits per heavy atom. The predicted molar refractivity (Wildman–Crippen MR) is 117 cm³/mol. The molecule has 6 heteroatoms. The number of nitrogens with one attached hydrogen (secondary N) is 1. The lowest BCUT2D eigenvalue weighted by atomic mass is 9.87. The number of ether oxygens (including phenoxy) is 2. The Kier molecular flexibility index (Phi) is 6.75. The first-order valence-corrected chi connectivity index (χ1v) is 8.39. The predicted octanol–water partition coefficient (Wildman–Crippen LogP) is 3.85. The van der Waals surface area contributed by atoms with Gasteiger partial charge in [0.1, 0.15) is 0 Å². The number of rotatable bonds is 5. The first-order chi connectivity index (χ1) is 12.0. The fraction of sp³-hybridized carbons (Fsp3) is 0.350. The number of hydrogen-bond acceptors (Lipinski definition) is 3. The molecule has 0 bridgehead atoms. The molecule has 26 heavy (non-hydrogen) atoms. The summed E-state index contributed by atoms with van der Waals surface area (Å²) in [6.07, 6.45) is 2.08. The Bertz CT molecular complexity index is 767. The molecule has 0 atom stereocenters. The highest BCUT2D eigenvalue weighted by Gasteiger charge is 2.32. The normalized spacial score (nSPS) is 15.0. The number of nitrogens with two attached hydrogens (primary N) is 1. The number of nitrogens with zero attached hydrogens (tertiary/aromatic N) is 1. The van der Waals surface area contributed by atoms with Gasteiger partial charge < -0.3 is 20.5 Å². The summed E-state index contributed by atoms with van der Waals surface area (Å²) >= 11 is 0. The number of guanidine groups is 1. The van der Waals surface area contributed by atoms with Crippen molar-refractivity contribution in [2.45, 2.75) is 19.8 Å². The summed E-state index contributed by atoms with van der Waals surface area (Å²) in [6, 6.07) is 14.2. The van der Waals surface area contributed by atoms with Crippen LogP contribution in [0.15, 0.2) is 47.5 Å². The molecular formula is C20H26IN3O2. The third-order valence-electron chi connectivity index (χ3n) is 4.64. The van der Waals surface area contributed by atoms with Gasteiger partial charge in [-0.15, -0.1) is 24.0 Å². The molecule has 0 saturated heterocycles. The molecule has 0 amide bonds. The summed E-state index contributed by atoms with van der Waals surface area (Å²) in [5.74, 6) is 1.74. The second-order valence-electron chi connectivity index (χ2n) is 6.83. The zero-order valence-electron chi connectivity index (χ0n) is 15.4. The average Bonchev–Trinajstić information content (AvgIpc) is 2.96. The minimum absolute atomic E-state index is 0. The van der Waals surface area contributed by atoms with Crippen LogP contribution in [-0.2, 0) is 12.8 Å². The summed E-state index contributed by atoms with van der Waals surface area (Å²) in [5.41, 5.74) is 9.86. The lowest BCUT2D eigenvalue weighted by Gasteiger charge is -2.21. The van der Waals surface area contributed by atoms with Crippen LogP contribution in [0.5, 0.6) is 11.5 Å². The largest absolute Gasteiger partial charge is 0.493 e. The van der Waals surface area contributed by atoms with Crippen molar-refractivity contribution in [3.63, 3.8) is 0 Å². The smallest absolute Gasteiger partial charge is 0.193 e. The van der Waals surface area contributed by atoms with E-state index in [2.05, 4.69) is 41.5 Å². The van der Waals surface area contributed by atoms with E-state index in [0.29, 0.717) is 24.0 Å². The van der Waals surface area contributed by atoms with Crippen molar-refractivity contribution >= 4 is 35.6 Å². The van der Waals surface area contributed by atoms with Gasteiger partial charge in [0.15, 0.2) is 17.5 Å². The van der Waals surface area contributed by atoms with Crippen molar-refractivity contribution in [1.29, 1.82) is 0 Å². The monoisotopic (exact) mass is 467 g/mol. The van der Waals surface area contributed by atoms with E-state index in [9.17, 15) is 0 Å². The van der Waals surface area contributed by atoms with Crippen LogP contribution in [0.3, 0.4) is 0 Å². The van der Waals surface area contributed by atoms with Crippen LogP contribution in [0.1, 0.15) is 18.1 Å². The van der Waals surface area contributed by atoms with Gasteiger partial charge in [-0.1, -0.05) is 31.2 Å². The second kappa shape index (κ2) is 8.62. The van der Waals surface area contributed by atoms with Crippen molar-refractivity contribution in [3.05, 3.63) is 53.6 Å². The van der Waals surface area contributed by atoms with Gasteiger partial charge in [-0.2, -0.15) is 0 Å². The second-order valence-corrected chi connectivity index (χ2v) is 6.83. The summed E-state index contributed by atoms with van der Waals surface area (Å²) in [4.78, 5) is 4.57. The van der Waals surface area contributed by atoms with Gasteiger partial charge in [-0.25, -0.2) is 0 Å². The van der Waals surface area contributed by atoms with Crippen molar-refractivity contribution in [2.75, 3.05) is 26.1 Å². The number of halogens is 1. The van der Waals surface area contributed by atoms with Crippen LogP contribution in [0.2, 0.25) is 0 Å². The fourth-order valence-electron chi connectivity index (χ4n) is 3.37. The van der Waals surface area contributed by atoms with Crippen LogP contribution < -0.4 is 20.5 Å². The van der Waals surface area contributed by atoms with Crippen LogP contribution in [0, 0.1) is 5.41 Å². The van der Waals surface area contributed by atoms with E-state index in [1.807, 2.05) is 18.2 Å². The zero-order valence-corrected chi connectivity index (χ0v) is 17.7. The van der Waals surface area contributed by atoms with Crippen molar-refractivity contribution in [1.82, 2.24) is 0 Å². The molecule has 2 aromatic rings. The van der Waals surface area contributed by atoms with Crippen LogP contribution in [0.25, 0.3) is 0 Å². The quantitative estimate of drug-likeness (QED) is 0.398. The summed E-state index contributed by atoms with van der Waals surface area (Å²) in [6.45, 7) is 2.95. The van der Waals surface area contributed by atoms with Gasteiger partial charge in [0.05, 0.1) is 14.2 Å². The zero-order chi connectivity index (χ0) is 17.9. The first kappa shape index (κ1) is 20.4. The van der Waals surface area contributed by atoms with E-state index in [-0.39, 0.29) is 29.4 Å². The lowest BCUT2D eigenvalue weighted by Crippen LogP contribution is -2.27. The average molecular weight is 467 g/mol. The van der Waals surface area contributed by atoms with E-state index in [1.54, 1.807) is 14.2 Å². The van der Waals surface area contributed by atoms with Gasteiger partial charge in [0.25, 0.3) is 0 Å². The minimum Gasteiger partial charge on any atom is -0.493 e. The topological polar surface area (TPSA) is 68.9 Å². The lowest BCUT2D eigenvalue weighted by molar-refractivity contribution is 0.355. The maximum absolute atomic E-state index is 6.08. The first-order valence-electron chi connectivity index (χ1n) is 8.39. The summed E-state index contributed by atoms with van der Waals surface area (Å²) in [5, 5.41) is 3.12. The van der Waals surface area contributed by atoms with Gasteiger partial charge in [-0.05, 0) is 41.5 Å². The van der Waals surface area contributed by atoms with Crippen LogP contribution in [0.4, 0.5) is 5.69 Å². The number of benzene rings is 2. The molecule has 5 nitrogen and oxygen atoms in total. The fourth-order valence-corrected chi connectivity index (χ4v) is 3.37. The Balaban J connectivity index is 0.00000243. The molecule has 1 aliphatic carbocycles. The van der Waals surface area contributed by atoms with Crippen molar-refractivity contribution in [2.24, 2.45) is 16.1 Å². The maximum Gasteiger partial charge on any atom is 0.193 e. The molecule has 0 aromatic heterocycles. The number of methoxy groups -OCH3 is 2. The van der Waals surface area contributed by atoms with E-state index < -0.39 is 0 Å². The molecule has 2 aromatic carbocycles. The number of fused-ring (bicyclic) bond motifs is 1. The molecule has 3 rings (SSSR count). The summed E-state index contributed by atoms with van der Waals surface area (Å²) in [7, 11) is 3.22. The minimum atomic E-state index is 0. The molecule has 140 valence electrons. The Labute approximate surface area is 172 Å². The number of aliphatic imine (C=N–C) groups is 1. The van der Waals surface area contributed by atoms with Crippen molar-refractivity contribution in [3.8, 4) is 11.5 Å². The molecule has 0 spiro atoms. The number of anilines is 1. The van der Waals surface area contributed by atoms with Gasteiger partial charge >= 0.3 is 0 Å². The Hall–Kier alpha value is -1.96. The molecule has 1 aliphatic rings. The molecule has 0 fully saturated rings. The third-order valence-corrected chi connectivity index (χ3v) is 4.64. The molecule has 0 unspecified atom stereocenters. The Morgan fingerprint density at radius 2 is 1.69 bits per heavy atom. The van der Waals surface area contributed by atoms with E-state index >= 15 is 0 Å². The number of hydrogen-bond donors (Lipinski definition) is 2. The van der Waals surface area contributed by atoms with Crippen molar-refractivity contribution < 1.29 is 9.47 Å². The molecule has 0 aliphatic heterocycles. The maximum atomic E-state index is 6.08. The molecular weight excluding hydrogens is 441 g/mol. The van der Waals surface area contributed by atoms with E-state index in [4.69, 9.17) is 15.2 Å². The molecule has 0 heterocycles. The molecule has 0 saturated carbocycles. The van der Waals surface area contributed by atoms with E-state index in [1.165, 1.54) is 11.1 Å². The third kappa shape index (κ3) is 4.60. The van der Waals surface area contributed by atoms with E-state index in [0.717, 1.165) is 18.5 Å². The highest BCUT2D eigenvalue weighted by Crippen LogP contribution is 2.36. The summed E-state index contributed by atoms with van der Waals surface area (Å²) < 4.78 is 10.5. The van der Waals surface area contributed by atoms with Crippen LogP contribution >= 0.6 is 24.0 Å².